The molecule has 10 nitrogen and oxygen atoms in total. The van der Waals surface area contributed by atoms with Gasteiger partial charge < -0.3 is 23.7 Å². The number of oxazole rings is 1. The van der Waals surface area contributed by atoms with Gasteiger partial charge in [-0.3, -0.25) is 9.69 Å². The lowest BCUT2D eigenvalue weighted by Gasteiger charge is -2.36. The predicted molar refractivity (Wildman–Crippen MR) is 188 cm³/mol. The highest BCUT2D eigenvalue weighted by Gasteiger charge is 2.35. The van der Waals surface area contributed by atoms with E-state index < -0.39 is 0 Å². The minimum Gasteiger partial charge on any atom is -0.496 e. The van der Waals surface area contributed by atoms with Crippen molar-refractivity contribution >= 4 is 17.8 Å². The summed E-state index contributed by atoms with van der Waals surface area (Å²) in [5, 5.41) is 0. The number of pyridine rings is 1. The summed E-state index contributed by atoms with van der Waals surface area (Å²) in [4.78, 5) is 42.8. The summed E-state index contributed by atoms with van der Waals surface area (Å²) in [6.45, 7) is 5.87. The lowest BCUT2D eigenvalue weighted by atomic mass is 9.78. The van der Waals surface area contributed by atoms with Crippen LogP contribution < -0.4 is 9.64 Å². The Kier molecular flexibility index (Phi) is 10.2. The third kappa shape index (κ3) is 7.95. The Morgan fingerprint density at radius 2 is 1.65 bits per heavy atom. The zero-order valence-electron chi connectivity index (χ0n) is 29.3. The fraction of sp³-hybridized carbons (Fsp3) is 0.590. The molecule has 4 aliphatic rings. The van der Waals surface area contributed by atoms with E-state index >= 15 is 0 Å². The Morgan fingerprint density at radius 1 is 0.918 bits per heavy atom. The highest BCUT2D eigenvalue weighted by molar-refractivity contribution is 5.94. The Balaban J connectivity index is 1.03. The first kappa shape index (κ1) is 33.6. The molecule has 262 valence electrons. The molecular weight excluding hydrogens is 618 g/mol. The summed E-state index contributed by atoms with van der Waals surface area (Å²) in [6.07, 6.45) is 12.5. The molecule has 10 heteroatoms. The molecule has 4 fully saturated rings. The van der Waals surface area contributed by atoms with E-state index in [0.717, 1.165) is 74.5 Å². The van der Waals surface area contributed by atoms with Crippen molar-refractivity contribution in [1.82, 2.24) is 19.8 Å². The van der Waals surface area contributed by atoms with Gasteiger partial charge in [0.05, 0.1) is 7.11 Å². The molecule has 7 rings (SSSR count). The molecular formula is C39H51N5O5. The van der Waals surface area contributed by atoms with E-state index in [-0.39, 0.29) is 24.0 Å². The molecule has 1 aliphatic heterocycles. The van der Waals surface area contributed by atoms with E-state index in [4.69, 9.17) is 23.9 Å². The van der Waals surface area contributed by atoms with Gasteiger partial charge in [-0.2, -0.15) is 0 Å². The number of methoxy groups -OCH3 is 1. The minimum absolute atomic E-state index is 0.125. The van der Waals surface area contributed by atoms with Gasteiger partial charge in [-0.15, -0.1) is 0 Å². The Labute approximate surface area is 290 Å². The smallest absolute Gasteiger partial charge is 0.410 e. The van der Waals surface area contributed by atoms with Crippen LogP contribution in [0.15, 0.2) is 47.2 Å². The number of benzene rings is 1. The van der Waals surface area contributed by atoms with E-state index in [1.54, 1.807) is 19.6 Å². The maximum atomic E-state index is 14.4. The maximum absolute atomic E-state index is 14.4. The van der Waals surface area contributed by atoms with Crippen molar-refractivity contribution in [2.24, 2.45) is 11.8 Å². The first-order valence-electron chi connectivity index (χ1n) is 18.4. The molecule has 3 aliphatic carbocycles. The third-order valence-electron chi connectivity index (χ3n) is 11.3. The quantitative estimate of drug-likeness (QED) is 0.236. The minimum atomic E-state index is -0.219. The number of likely N-dealkylation sites (N-methyl/N-ethyl adjacent to an activating group) is 1. The number of piperazine rings is 1. The second-order valence-corrected chi connectivity index (χ2v) is 14.8. The van der Waals surface area contributed by atoms with Gasteiger partial charge in [0, 0.05) is 56.3 Å². The lowest BCUT2D eigenvalue weighted by Crippen LogP contribution is -2.48. The van der Waals surface area contributed by atoms with Gasteiger partial charge in [0.2, 0.25) is 5.91 Å². The molecule has 1 aromatic carbocycles. The molecule has 3 heterocycles. The third-order valence-corrected chi connectivity index (χ3v) is 11.3. The maximum Gasteiger partial charge on any atom is 0.410 e. The number of anilines is 1. The SMILES string of the molecule is COc1ccc([C@H]2CC[C@H](CN(c3cc(-c4coc(C5CC5)n4)ccn3)C(=O)[C@H]3CC[C@H](OC(=O)N4CCN(C)CC4)CC3)CC2)cc1C. The van der Waals surface area contributed by atoms with Gasteiger partial charge in [-0.05, 0) is 119 Å². The Morgan fingerprint density at radius 3 is 2.35 bits per heavy atom. The number of rotatable bonds is 9. The number of nitrogens with zero attached hydrogens (tertiary/aromatic N) is 5. The summed E-state index contributed by atoms with van der Waals surface area (Å²) >= 11 is 0. The zero-order chi connectivity index (χ0) is 33.9. The molecule has 0 radical (unpaired) electrons. The van der Waals surface area contributed by atoms with E-state index in [0.29, 0.717) is 68.9 Å². The van der Waals surface area contributed by atoms with Gasteiger partial charge in [-0.1, -0.05) is 12.1 Å². The zero-order valence-corrected chi connectivity index (χ0v) is 29.3. The van der Waals surface area contributed by atoms with Crippen molar-refractivity contribution in [1.29, 1.82) is 0 Å². The molecule has 0 atom stereocenters. The lowest BCUT2D eigenvalue weighted by molar-refractivity contribution is -0.124. The molecule has 0 unspecified atom stereocenters. The van der Waals surface area contributed by atoms with E-state index in [2.05, 4.69) is 37.1 Å². The normalized spacial score (nSPS) is 24.8. The largest absolute Gasteiger partial charge is 0.496 e. The predicted octanol–water partition coefficient (Wildman–Crippen LogP) is 7.18. The van der Waals surface area contributed by atoms with Crippen LogP contribution in [0.4, 0.5) is 10.6 Å². The van der Waals surface area contributed by atoms with Crippen LogP contribution in [0.3, 0.4) is 0 Å². The van der Waals surface area contributed by atoms with Gasteiger partial charge in [0.15, 0.2) is 5.89 Å². The average molecular weight is 670 g/mol. The molecule has 2 aromatic heterocycles. The van der Waals surface area contributed by atoms with Crippen molar-refractivity contribution in [2.75, 3.05) is 51.8 Å². The highest BCUT2D eigenvalue weighted by atomic mass is 16.6. The number of hydrogen-bond donors (Lipinski definition) is 0. The van der Waals surface area contributed by atoms with E-state index in [1.165, 1.54) is 11.1 Å². The fourth-order valence-corrected chi connectivity index (χ4v) is 7.91. The van der Waals surface area contributed by atoms with Crippen LogP contribution in [0, 0.1) is 18.8 Å². The van der Waals surface area contributed by atoms with Crippen LogP contribution in [0.5, 0.6) is 5.75 Å². The number of aromatic nitrogens is 2. The molecule has 49 heavy (non-hydrogen) atoms. The molecule has 0 spiro atoms. The molecule has 0 bridgehead atoms. The molecule has 3 aromatic rings. The second-order valence-electron chi connectivity index (χ2n) is 14.8. The van der Waals surface area contributed by atoms with Gasteiger partial charge in [0.25, 0.3) is 0 Å². The topological polar surface area (TPSA) is 101 Å². The average Bonchev–Trinajstić information content (AvgIpc) is 3.86. The van der Waals surface area contributed by atoms with Gasteiger partial charge in [-0.25, -0.2) is 14.8 Å². The summed E-state index contributed by atoms with van der Waals surface area (Å²) < 4.78 is 17.2. The monoisotopic (exact) mass is 669 g/mol. The Bertz CT molecular complexity index is 1600. The number of ether oxygens (including phenoxy) is 2. The van der Waals surface area contributed by atoms with Crippen molar-refractivity contribution in [3.8, 4) is 17.0 Å². The van der Waals surface area contributed by atoms with Crippen molar-refractivity contribution in [2.45, 2.75) is 89.1 Å². The molecule has 1 saturated heterocycles. The second kappa shape index (κ2) is 14.9. The van der Waals surface area contributed by atoms with Crippen molar-refractivity contribution in [3.05, 3.63) is 59.8 Å². The van der Waals surface area contributed by atoms with Gasteiger partial charge in [0.1, 0.15) is 29.6 Å². The van der Waals surface area contributed by atoms with Crippen LogP contribution in [-0.4, -0.2) is 84.8 Å². The fourth-order valence-electron chi connectivity index (χ4n) is 7.91. The first-order valence-corrected chi connectivity index (χ1v) is 18.4. The van der Waals surface area contributed by atoms with Gasteiger partial charge >= 0.3 is 6.09 Å². The summed E-state index contributed by atoms with van der Waals surface area (Å²) in [5.74, 6) is 3.74. The first-order chi connectivity index (χ1) is 23.8. The standard InChI is InChI=1S/C39H51N5O5/c1-26-22-31(12-15-35(26)47-3)28-6-4-27(5-7-28)24-44(36-23-32(16-17-40-36)34-25-48-37(41-34)29-8-9-29)38(45)30-10-13-33(14-11-30)49-39(46)43-20-18-42(2)19-21-43/h12,15-17,22-23,25,27-30,33H,4-11,13-14,18-21,24H2,1-3H3/t27-,28-,30-,33-. The summed E-state index contributed by atoms with van der Waals surface area (Å²) in [5.41, 5.74) is 4.25. The molecule has 0 N–H and O–H groups in total. The number of amides is 2. The van der Waals surface area contributed by atoms with E-state index in [9.17, 15) is 9.59 Å². The van der Waals surface area contributed by atoms with Crippen LogP contribution in [0.25, 0.3) is 11.3 Å². The molecule has 2 amide bonds. The number of carbonyl (C=O) groups excluding carboxylic acids is 2. The van der Waals surface area contributed by atoms with Crippen molar-refractivity contribution in [3.63, 3.8) is 0 Å². The van der Waals surface area contributed by atoms with Crippen LogP contribution >= 0.6 is 0 Å². The Hall–Kier alpha value is -3.92. The number of hydrogen-bond acceptors (Lipinski definition) is 8. The number of carbonyl (C=O) groups is 2. The van der Waals surface area contributed by atoms with Crippen LogP contribution in [0.2, 0.25) is 0 Å². The summed E-state index contributed by atoms with van der Waals surface area (Å²) in [6, 6.07) is 10.5. The highest BCUT2D eigenvalue weighted by Crippen LogP contribution is 2.41. The van der Waals surface area contributed by atoms with Crippen LogP contribution in [-0.2, 0) is 9.53 Å². The van der Waals surface area contributed by atoms with Crippen LogP contribution in [0.1, 0.15) is 93.1 Å². The van der Waals surface area contributed by atoms with E-state index in [1.807, 2.05) is 21.9 Å². The summed E-state index contributed by atoms with van der Waals surface area (Å²) in [7, 11) is 3.79. The number of aryl methyl sites for hydroxylation is 1. The van der Waals surface area contributed by atoms with Crippen molar-refractivity contribution < 1.29 is 23.5 Å². The molecule has 3 saturated carbocycles.